The van der Waals surface area contributed by atoms with Gasteiger partial charge in [-0.25, -0.2) is 0 Å². The van der Waals surface area contributed by atoms with Crippen molar-refractivity contribution in [2.45, 2.75) is 32.4 Å². The number of benzene rings is 1. The highest BCUT2D eigenvalue weighted by Gasteiger charge is 2.31. The standard InChI is InChI=1S/C12H12ClF3O/c1-2-3-4-11(17)9-7-8(12(14,15)16)5-6-10(9)13/h5-7H,2-4H2,1H3. The fourth-order valence-electron chi connectivity index (χ4n) is 1.39. The van der Waals surface area contributed by atoms with Gasteiger partial charge in [0.1, 0.15) is 0 Å². The van der Waals surface area contributed by atoms with Crippen LogP contribution in [0.15, 0.2) is 18.2 Å². The summed E-state index contributed by atoms with van der Waals surface area (Å²) < 4.78 is 37.4. The molecule has 0 N–H and O–H groups in total. The summed E-state index contributed by atoms with van der Waals surface area (Å²) in [6, 6.07) is 2.81. The molecule has 1 rings (SSSR count). The first kappa shape index (κ1) is 14.0. The topological polar surface area (TPSA) is 17.1 Å². The number of alkyl halides is 3. The van der Waals surface area contributed by atoms with E-state index in [0.717, 1.165) is 24.6 Å². The van der Waals surface area contributed by atoms with Crippen molar-refractivity contribution in [1.29, 1.82) is 0 Å². The summed E-state index contributed by atoms with van der Waals surface area (Å²) >= 11 is 5.73. The third kappa shape index (κ3) is 3.73. The average molecular weight is 265 g/mol. The van der Waals surface area contributed by atoms with Crippen molar-refractivity contribution in [2.75, 3.05) is 0 Å². The van der Waals surface area contributed by atoms with Crippen LogP contribution in [0.2, 0.25) is 5.02 Å². The summed E-state index contributed by atoms with van der Waals surface area (Å²) in [5, 5.41) is 0.0686. The molecule has 1 aromatic carbocycles. The molecule has 0 fully saturated rings. The number of carbonyl (C=O) groups excluding carboxylic acids is 1. The van der Waals surface area contributed by atoms with Crippen LogP contribution in [0.1, 0.15) is 42.1 Å². The second-order valence-corrected chi connectivity index (χ2v) is 4.13. The fraction of sp³-hybridized carbons (Fsp3) is 0.417. The Morgan fingerprint density at radius 2 is 2.00 bits per heavy atom. The normalized spacial score (nSPS) is 11.6. The maximum atomic E-state index is 12.5. The number of hydrogen-bond acceptors (Lipinski definition) is 1. The second-order valence-electron chi connectivity index (χ2n) is 3.72. The quantitative estimate of drug-likeness (QED) is 0.719. The van der Waals surface area contributed by atoms with E-state index in [-0.39, 0.29) is 22.8 Å². The van der Waals surface area contributed by atoms with Crippen molar-refractivity contribution in [1.82, 2.24) is 0 Å². The van der Waals surface area contributed by atoms with E-state index in [2.05, 4.69) is 0 Å². The van der Waals surface area contributed by atoms with E-state index < -0.39 is 11.7 Å². The van der Waals surface area contributed by atoms with Crippen LogP contribution in [-0.2, 0) is 6.18 Å². The molecule has 0 aliphatic rings. The molecule has 0 spiro atoms. The lowest BCUT2D eigenvalue weighted by molar-refractivity contribution is -0.137. The van der Waals surface area contributed by atoms with E-state index in [4.69, 9.17) is 11.6 Å². The molecule has 0 atom stereocenters. The highest BCUT2D eigenvalue weighted by Crippen LogP contribution is 2.32. The minimum absolute atomic E-state index is 0.0464. The van der Waals surface area contributed by atoms with Gasteiger partial charge in [0.15, 0.2) is 5.78 Å². The zero-order valence-electron chi connectivity index (χ0n) is 9.27. The zero-order chi connectivity index (χ0) is 13.1. The third-order valence-corrected chi connectivity index (χ3v) is 2.68. The van der Waals surface area contributed by atoms with E-state index in [0.29, 0.717) is 6.42 Å². The van der Waals surface area contributed by atoms with Gasteiger partial charge in [0, 0.05) is 12.0 Å². The lowest BCUT2D eigenvalue weighted by Gasteiger charge is -2.09. The van der Waals surface area contributed by atoms with Gasteiger partial charge in [-0.2, -0.15) is 13.2 Å². The predicted molar refractivity (Wildman–Crippen MR) is 60.3 cm³/mol. The number of unbranched alkanes of at least 4 members (excludes halogenated alkanes) is 1. The molecule has 0 heterocycles. The van der Waals surface area contributed by atoms with Crippen molar-refractivity contribution in [3.8, 4) is 0 Å². The minimum atomic E-state index is -4.45. The first-order valence-corrected chi connectivity index (χ1v) is 5.64. The molecule has 94 valence electrons. The number of Topliss-reactive ketones (excluding diaryl/α,β-unsaturated/α-hetero) is 1. The molecule has 0 saturated heterocycles. The Bertz CT molecular complexity index is 413. The van der Waals surface area contributed by atoms with Gasteiger partial charge in [0.05, 0.1) is 10.6 Å². The van der Waals surface area contributed by atoms with Crippen molar-refractivity contribution in [3.05, 3.63) is 34.3 Å². The fourth-order valence-corrected chi connectivity index (χ4v) is 1.61. The number of rotatable bonds is 4. The number of hydrogen-bond donors (Lipinski definition) is 0. The van der Waals surface area contributed by atoms with Crippen LogP contribution in [0.4, 0.5) is 13.2 Å². The predicted octanol–water partition coefficient (Wildman–Crippen LogP) is 4.73. The molecule has 1 aromatic rings. The van der Waals surface area contributed by atoms with E-state index in [1.165, 1.54) is 0 Å². The summed E-state index contributed by atoms with van der Waals surface area (Å²) in [5.41, 5.74) is -0.892. The van der Waals surface area contributed by atoms with Gasteiger partial charge in [-0.1, -0.05) is 24.9 Å². The van der Waals surface area contributed by atoms with Gasteiger partial charge >= 0.3 is 6.18 Å². The van der Waals surface area contributed by atoms with Gasteiger partial charge in [-0.3, -0.25) is 4.79 Å². The van der Waals surface area contributed by atoms with Crippen molar-refractivity contribution < 1.29 is 18.0 Å². The molecule has 0 aliphatic heterocycles. The monoisotopic (exact) mass is 264 g/mol. The third-order valence-electron chi connectivity index (χ3n) is 2.35. The van der Waals surface area contributed by atoms with Crippen LogP contribution < -0.4 is 0 Å². The molecule has 17 heavy (non-hydrogen) atoms. The van der Waals surface area contributed by atoms with E-state index >= 15 is 0 Å². The summed E-state index contributed by atoms with van der Waals surface area (Å²) in [5.74, 6) is -0.344. The molecule has 0 radical (unpaired) electrons. The van der Waals surface area contributed by atoms with Crippen LogP contribution in [0, 0.1) is 0 Å². The molecule has 5 heteroatoms. The summed E-state index contributed by atoms with van der Waals surface area (Å²) in [6.07, 6.45) is -2.78. The molecule has 0 unspecified atom stereocenters. The smallest absolute Gasteiger partial charge is 0.294 e. The Balaban J connectivity index is 3.02. The lowest BCUT2D eigenvalue weighted by Crippen LogP contribution is -2.08. The summed E-state index contributed by atoms with van der Waals surface area (Å²) in [7, 11) is 0. The average Bonchev–Trinajstić information content (AvgIpc) is 2.24. The molecule has 0 aliphatic carbocycles. The molecule has 0 bridgehead atoms. The van der Waals surface area contributed by atoms with Crippen LogP contribution in [0.3, 0.4) is 0 Å². The number of carbonyl (C=O) groups is 1. The lowest BCUT2D eigenvalue weighted by atomic mass is 10.0. The Morgan fingerprint density at radius 1 is 1.35 bits per heavy atom. The zero-order valence-corrected chi connectivity index (χ0v) is 10.0. The minimum Gasteiger partial charge on any atom is -0.294 e. The van der Waals surface area contributed by atoms with Gasteiger partial charge in [0.25, 0.3) is 0 Å². The summed E-state index contributed by atoms with van der Waals surface area (Å²) in [6.45, 7) is 1.90. The largest absolute Gasteiger partial charge is 0.416 e. The Morgan fingerprint density at radius 3 is 2.53 bits per heavy atom. The maximum Gasteiger partial charge on any atom is 0.416 e. The SMILES string of the molecule is CCCCC(=O)c1cc(C(F)(F)F)ccc1Cl. The van der Waals surface area contributed by atoms with Crippen molar-refractivity contribution >= 4 is 17.4 Å². The van der Waals surface area contributed by atoms with Crippen LogP contribution >= 0.6 is 11.6 Å². The molecule has 0 saturated carbocycles. The van der Waals surface area contributed by atoms with Crippen molar-refractivity contribution in [3.63, 3.8) is 0 Å². The highest BCUT2D eigenvalue weighted by atomic mass is 35.5. The van der Waals surface area contributed by atoms with Crippen LogP contribution in [0.25, 0.3) is 0 Å². The van der Waals surface area contributed by atoms with Crippen molar-refractivity contribution in [2.24, 2.45) is 0 Å². The Labute approximate surface area is 103 Å². The van der Waals surface area contributed by atoms with E-state index in [9.17, 15) is 18.0 Å². The van der Waals surface area contributed by atoms with Crippen LogP contribution in [-0.4, -0.2) is 5.78 Å². The van der Waals surface area contributed by atoms with Gasteiger partial charge in [0.2, 0.25) is 0 Å². The molecule has 0 aromatic heterocycles. The van der Waals surface area contributed by atoms with Gasteiger partial charge < -0.3 is 0 Å². The van der Waals surface area contributed by atoms with Gasteiger partial charge in [-0.15, -0.1) is 0 Å². The Hall–Kier alpha value is -1.03. The molecule has 0 amide bonds. The first-order chi connectivity index (χ1) is 7.86. The molecular weight excluding hydrogens is 253 g/mol. The molecule has 1 nitrogen and oxygen atoms in total. The maximum absolute atomic E-state index is 12.5. The van der Waals surface area contributed by atoms with E-state index in [1.54, 1.807) is 0 Å². The van der Waals surface area contributed by atoms with Crippen LogP contribution in [0.5, 0.6) is 0 Å². The first-order valence-electron chi connectivity index (χ1n) is 5.26. The number of ketones is 1. The van der Waals surface area contributed by atoms with E-state index in [1.807, 2.05) is 6.92 Å². The molecular formula is C12H12ClF3O. The number of halogens is 4. The highest BCUT2D eigenvalue weighted by molar-refractivity contribution is 6.34. The summed E-state index contributed by atoms with van der Waals surface area (Å²) in [4.78, 5) is 11.7. The van der Waals surface area contributed by atoms with Gasteiger partial charge in [-0.05, 0) is 24.6 Å². The Kier molecular flexibility index (Phi) is 4.57. The second kappa shape index (κ2) is 5.54.